The molecule has 0 spiro atoms. The number of carboxylic acids is 1. The second-order valence-electron chi connectivity index (χ2n) is 8.75. The van der Waals surface area contributed by atoms with Crippen molar-refractivity contribution in [2.45, 2.75) is 77.3 Å². The van der Waals surface area contributed by atoms with Crippen molar-refractivity contribution in [1.29, 1.82) is 5.41 Å². The number of amides is 1. The molecule has 0 aromatic heterocycles. The van der Waals surface area contributed by atoms with E-state index in [2.05, 4.69) is 5.32 Å². The Morgan fingerprint density at radius 2 is 1.84 bits per heavy atom. The van der Waals surface area contributed by atoms with Crippen molar-refractivity contribution in [2.24, 2.45) is 5.73 Å². The van der Waals surface area contributed by atoms with Gasteiger partial charge in [0.25, 0.3) is 10.0 Å². The number of carbonyl (C=O) groups is 2. The van der Waals surface area contributed by atoms with Crippen molar-refractivity contribution in [3.63, 3.8) is 0 Å². The molecule has 10 nitrogen and oxygen atoms in total. The van der Waals surface area contributed by atoms with Crippen LogP contribution >= 0.6 is 0 Å². The number of nitrogens with zero attached hydrogens (tertiary/aromatic N) is 1. The summed E-state index contributed by atoms with van der Waals surface area (Å²) in [5.41, 5.74) is 7.79. The standard InChI is InChI=1S/C21H32N4O6S/c1-11-12(2)18(13(3)15-10-21(5,6)31-17(11)15)32(29,30)25(20(22)23)9-7-8-16(19(27)28)24-14(4)26/h16H,7-10H2,1-6H3,(H3,22,23)(H,24,26)(H,27,28)/t16-/m0/s1. The highest BCUT2D eigenvalue weighted by atomic mass is 32.2. The van der Waals surface area contributed by atoms with Crippen molar-refractivity contribution in [1.82, 2.24) is 9.62 Å². The summed E-state index contributed by atoms with van der Waals surface area (Å²) in [6, 6.07) is -1.16. The molecule has 1 aliphatic rings. The van der Waals surface area contributed by atoms with Gasteiger partial charge in [0.2, 0.25) is 11.9 Å². The predicted molar refractivity (Wildman–Crippen MR) is 119 cm³/mol. The minimum Gasteiger partial charge on any atom is -0.487 e. The Kier molecular flexibility index (Phi) is 7.13. The van der Waals surface area contributed by atoms with Crippen molar-refractivity contribution in [3.8, 4) is 5.75 Å². The van der Waals surface area contributed by atoms with Crippen LogP contribution in [0.15, 0.2) is 4.90 Å². The molecule has 0 radical (unpaired) electrons. The van der Waals surface area contributed by atoms with E-state index in [9.17, 15) is 23.1 Å². The van der Waals surface area contributed by atoms with E-state index in [4.69, 9.17) is 15.9 Å². The van der Waals surface area contributed by atoms with Crippen LogP contribution in [0.4, 0.5) is 0 Å². The van der Waals surface area contributed by atoms with E-state index < -0.39 is 39.5 Å². The van der Waals surface area contributed by atoms with Crippen molar-refractivity contribution in [2.75, 3.05) is 6.54 Å². The normalized spacial score (nSPS) is 15.4. The number of fused-ring (bicyclic) bond motifs is 1. The number of guanidine groups is 1. The lowest BCUT2D eigenvalue weighted by Gasteiger charge is -2.26. The molecule has 1 amide bonds. The van der Waals surface area contributed by atoms with Crippen LogP contribution in [0.1, 0.15) is 55.9 Å². The van der Waals surface area contributed by atoms with E-state index in [0.717, 1.165) is 15.4 Å². The highest BCUT2D eigenvalue weighted by molar-refractivity contribution is 7.89. The number of nitrogens with two attached hydrogens (primary N) is 1. The van der Waals surface area contributed by atoms with Crippen LogP contribution in [-0.4, -0.2) is 53.9 Å². The molecule has 0 saturated carbocycles. The third-order valence-corrected chi connectivity index (χ3v) is 7.73. The third-order valence-electron chi connectivity index (χ3n) is 5.64. The minimum atomic E-state index is -4.19. The number of hydrogen-bond acceptors (Lipinski definition) is 6. The second-order valence-corrected chi connectivity index (χ2v) is 10.5. The Bertz CT molecular complexity index is 1060. The molecule has 1 aromatic rings. The summed E-state index contributed by atoms with van der Waals surface area (Å²) in [5, 5.41) is 19.4. The summed E-state index contributed by atoms with van der Waals surface area (Å²) >= 11 is 0. The van der Waals surface area contributed by atoms with Crippen molar-refractivity contribution < 1.29 is 27.9 Å². The quantitative estimate of drug-likeness (QED) is 0.332. The summed E-state index contributed by atoms with van der Waals surface area (Å²) in [5.74, 6) is -1.69. The topological polar surface area (TPSA) is 163 Å². The minimum absolute atomic E-state index is 0.0164. The summed E-state index contributed by atoms with van der Waals surface area (Å²) in [4.78, 5) is 22.6. The largest absolute Gasteiger partial charge is 0.487 e. The lowest BCUT2D eigenvalue weighted by atomic mass is 9.94. The number of ether oxygens (including phenoxy) is 1. The van der Waals surface area contributed by atoms with E-state index in [1.807, 2.05) is 13.8 Å². The number of sulfonamides is 1. The van der Waals surface area contributed by atoms with Gasteiger partial charge in [-0.1, -0.05) is 0 Å². The smallest absolute Gasteiger partial charge is 0.326 e. The lowest BCUT2D eigenvalue weighted by Crippen LogP contribution is -2.44. The summed E-state index contributed by atoms with van der Waals surface area (Å²) in [6.07, 6.45) is 0.612. The van der Waals surface area contributed by atoms with Crippen LogP contribution in [-0.2, 0) is 26.0 Å². The molecule has 1 aromatic carbocycles. The van der Waals surface area contributed by atoms with Crippen LogP contribution in [0.5, 0.6) is 5.75 Å². The molecule has 178 valence electrons. The van der Waals surface area contributed by atoms with Gasteiger partial charge in [0.15, 0.2) is 0 Å². The second kappa shape index (κ2) is 8.97. The molecule has 1 atom stereocenters. The van der Waals surface area contributed by atoms with Gasteiger partial charge in [0, 0.05) is 25.5 Å². The van der Waals surface area contributed by atoms with Crippen LogP contribution < -0.4 is 15.8 Å². The number of hydrogen-bond donors (Lipinski definition) is 4. The molecular formula is C21H32N4O6S. The highest BCUT2D eigenvalue weighted by Crippen LogP contribution is 2.44. The lowest BCUT2D eigenvalue weighted by molar-refractivity contribution is -0.141. The molecule has 32 heavy (non-hydrogen) atoms. The SMILES string of the molecule is CC(=O)N[C@@H](CCCN(C(=N)N)S(=O)(=O)c1c(C)c(C)c2c(c1C)CC(C)(C)O2)C(=O)O. The maximum absolute atomic E-state index is 13.6. The first-order valence-electron chi connectivity index (χ1n) is 10.3. The van der Waals surface area contributed by atoms with Gasteiger partial charge >= 0.3 is 5.97 Å². The van der Waals surface area contributed by atoms with Gasteiger partial charge in [-0.2, -0.15) is 0 Å². The third kappa shape index (κ3) is 4.98. The van der Waals surface area contributed by atoms with Crippen LogP contribution in [0.2, 0.25) is 0 Å². The van der Waals surface area contributed by atoms with E-state index >= 15 is 0 Å². The molecule has 0 fully saturated rings. The fourth-order valence-electron chi connectivity index (χ4n) is 4.05. The van der Waals surface area contributed by atoms with E-state index in [1.54, 1.807) is 20.8 Å². The Morgan fingerprint density at radius 3 is 2.34 bits per heavy atom. The zero-order valence-electron chi connectivity index (χ0n) is 19.3. The van der Waals surface area contributed by atoms with Crippen molar-refractivity contribution in [3.05, 3.63) is 22.3 Å². The Labute approximate surface area is 188 Å². The van der Waals surface area contributed by atoms with Crippen molar-refractivity contribution >= 4 is 27.9 Å². The average molecular weight is 469 g/mol. The van der Waals surface area contributed by atoms with E-state index in [-0.39, 0.29) is 24.3 Å². The molecule has 2 rings (SSSR count). The molecule has 0 bridgehead atoms. The Balaban J connectivity index is 2.40. The monoisotopic (exact) mass is 468 g/mol. The first-order valence-corrected chi connectivity index (χ1v) is 11.7. The Hall–Kier alpha value is -2.82. The molecule has 0 saturated heterocycles. The maximum Gasteiger partial charge on any atom is 0.326 e. The van der Waals surface area contributed by atoms with Gasteiger partial charge in [0.1, 0.15) is 17.4 Å². The van der Waals surface area contributed by atoms with Gasteiger partial charge in [-0.3, -0.25) is 10.2 Å². The van der Waals surface area contributed by atoms with Crippen LogP contribution in [0.25, 0.3) is 0 Å². The van der Waals surface area contributed by atoms with Gasteiger partial charge in [-0.05, 0) is 64.2 Å². The molecule has 5 N–H and O–H groups in total. The first-order chi connectivity index (χ1) is 14.6. The molecule has 0 unspecified atom stereocenters. The fourth-order valence-corrected chi connectivity index (χ4v) is 5.95. The first kappa shape index (κ1) is 25.4. The zero-order chi connectivity index (χ0) is 24.6. The van der Waals surface area contributed by atoms with E-state index in [0.29, 0.717) is 23.3 Å². The van der Waals surface area contributed by atoms with E-state index in [1.165, 1.54) is 6.92 Å². The number of carboxylic acid groups (broad SMARTS) is 1. The zero-order valence-corrected chi connectivity index (χ0v) is 20.1. The number of carbonyl (C=O) groups excluding carboxylic acids is 1. The van der Waals surface area contributed by atoms with Gasteiger partial charge in [-0.15, -0.1) is 0 Å². The number of benzene rings is 1. The molecular weight excluding hydrogens is 436 g/mol. The molecule has 0 aliphatic carbocycles. The summed E-state index contributed by atoms with van der Waals surface area (Å²) in [7, 11) is -4.19. The fraction of sp³-hybridized carbons (Fsp3) is 0.571. The highest BCUT2D eigenvalue weighted by Gasteiger charge is 2.38. The average Bonchev–Trinajstić information content (AvgIpc) is 2.97. The number of rotatable bonds is 8. The maximum atomic E-state index is 13.6. The molecule has 1 aliphatic heterocycles. The molecule has 1 heterocycles. The predicted octanol–water partition coefficient (Wildman–Crippen LogP) is 1.58. The molecule has 11 heteroatoms. The van der Waals surface area contributed by atoms with Crippen LogP contribution in [0, 0.1) is 26.2 Å². The number of nitrogens with one attached hydrogen (secondary N) is 2. The number of aliphatic carboxylic acids is 1. The van der Waals surface area contributed by atoms with Crippen LogP contribution in [0.3, 0.4) is 0 Å². The van der Waals surface area contributed by atoms with Gasteiger partial charge in [0.05, 0.1) is 4.90 Å². The summed E-state index contributed by atoms with van der Waals surface area (Å²) < 4.78 is 34.0. The summed E-state index contributed by atoms with van der Waals surface area (Å²) in [6.45, 7) is 10.1. The van der Waals surface area contributed by atoms with Gasteiger partial charge < -0.3 is 20.9 Å². The Morgan fingerprint density at radius 1 is 1.25 bits per heavy atom. The van der Waals surface area contributed by atoms with Gasteiger partial charge in [-0.25, -0.2) is 17.5 Å².